The summed E-state index contributed by atoms with van der Waals surface area (Å²) in [6.45, 7) is 5.24. The molecule has 0 spiro atoms. The van der Waals surface area contributed by atoms with Gasteiger partial charge in [0.15, 0.2) is 0 Å². The second-order valence-corrected chi connectivity index (χ2v) is 7.04. The number of esters is 1. The van der Waals surface area contributed by atoms with Crippen molar-refractivity contribution in [2.75, 3.05) is 13.7 Å². The molecule has 0 amide bonds. The summed E-state index contributed by atoms with van der Waals surface area (Å²) in [5.41, 5.74) is 0. The first-order valence-electron chi connectivity index (χ1n) is 6.31. The Morgan fingerprint density at radius 3 is 2.62 bits per heavy atom. The average Bonchev–Trinajstić information content (AvgIpc) is 2.46. The lowest BCUT2D eigenvalue weighted by molar-refractivity contribution is -0.144. The first-order chi connectivity index (χ1) is 9.86. The molecule has 0 unspecified atom stereocenters. The zero-order chi connectivity index (χ0) is 16.0. The summed E-state index contributed by atoms with van der Waals surface area (Å²) in [5.74, 6) is -0.602. The maximum absolute atomic E-state index is 12.8. The molecule has 0 heterocycles. The molecule has 0 fully saturated rings. The Morgan fingerprint density at radius 2 is 2.10 bits per heavy atom. The molecule has 0 aliphatic carbocycles. The highest BCUT2D eigenvalue weighted by molar-refractivity contribution is 9.10. The fourth-order valence-electron chi connectivity index (χ4n) is 1.81. The van der Waals surface area contributed by atoms with Gasteiger partial charge in [0.25, 0.3) is 0 Å². The summed E-state index contributed by atoms with van der Waals surface area (Å²) in [6, 6.07) is 5.57. The topological polar surface area (TPSA) is 63.7 Å². The number of halogens is 1. The van der Waals surface area contributed by atoms with Crippen molar-refractivity contribution in [2.45, 2.75) is 24.3 Å². The van der Waals surface area contributed by atoms with Crippen molar-refractivity contribution in [1.82, 2.24) is 4.31 Å². The van der Waals surface area contributed by atoms with E-state index in [1.807, 2.05) is 0 Å². The summed E-state index contributed by atoms with van der Waals surface area (Å²) < 4.78 is 31.8. The molecule has 21 heavy (non-hydrogen) atoms. The largest absolute Gasteiger partial charge is 0.468 e. The number of carbonyl (C=O) groups excluding carboxylic acids is 1. The molecule has 0 saturated heterocycles. The van der Waals surface area contributed by atoms with E-state index in [0.717, 1.165) is 4.31 Å². The Morgan fingerprint density at radius 1 is 1.48 bits per heavy atom. The molecule has 0 saturated carbocycles. The quantitative estimate of drug-likeness (QED) is 0.542. The highest BCUT2D eigenvalue weighted by atomic mass is 79.9. The van der Waals surface area contributed by atoms with Crippen molar-refractivity contribution in [2.24, 2.45) is 0 Å². The van der Waals surface area contributed by atoms with E-state index in [1.54, 1.807) is 24.3 Å². The summed E-state index contributed by atoms with van der Waals surface area (Å²) in [5, 5.41) is 0. The fraction of sp³-hybridized carbons (Fsp3) is 0.357. The van der Waals surface area contributed by atoms with Crippen LogP contribution in [0.15, 0.2) is 46.3 Å². The lowest BCUT2D eigenvalue weighted by Gasteiger charge is -2.26. The molecule has 7 heteroatoms. The van der Waals surface area contributed by atoms with Crippen molar-refractivity contribution in [1.29, 1.82) is 0 Å². The van der Waals surface area contributed by atoms with Crippen LogP contribution in [0, 0.1) is 0 Å². The van der Waals surface area contributed by atoms with Gasteiger partial charge in [0.05, 0.1) is 12.0 Å². The van der Waals surface area contributed by atoms with E-state index in [1.165, 1.54) is 20.1 Å². The normalized spacial score (nSPS) is 13.0. The summed E-state index contributed by atoms with van der Waals surface area (Å²) in [7, 11) is -2.59. The Bertz CT molecular complexity index is 615. The molecule has 116 valence electrons. The van der Waals surface area contributed by atoms with Gasteiger partial charge in [0, 0.05) is 11.0 Å². The molecule has 0 N–H and O–H groups in total. The monoisotopic (exact) mass is 375 g/mol. The molecule has 0 bridgehead atoms. The maximum atomic E-state index is 12.8. The van der Waals surface area contributed by atoms with Gasteiger partial charge in [-0.3, -0.25) is 4.79 Å². The molecule has 1 aromatic carbocycles. The molecule has 5 nitrogen and oxygen atoms in total. The SMILES string of the molecule is C=CCCN([C@@H](C)C(=O)OC)S(=O)(=O)c1ccccc1Br. The predicted octanol–water partition coefficient (Wildman–Crippen LogP) is 2.58. The summed E-state index contributed by atoms with van der Waals surface area (Å²) >= 11 is 3.23. The average molecular weight is 376 g/mol. The van der Waals surface area contributed by atoms with E-state index in [0.29, 0.717) is 10.9 Å². The third kappa shape index (κ3) is 4.15. The van der Waals surface area contributed by atoms with E-state index < -0.39 is 22.0 Å². The number of sulfonamides is 1. The number of benzene rings is 1. The van der Waals surface area contributed by atoms with Crippen molar-refractivity contribution in [3.8, 4) is 0 Å². The van der Waals surface area contributed by atoms with Crippen LogP contribution in [0.25, 0.3) is 0 Å². The first-order valence-corrected chi connectivity index (χ1v) is 8.54. The van der Waals surface area contributed by atoms with Gasteiger partial charge in [-0.05, 0) is 41.4 Å². The zero-order valence-corrected chi connectivity index (χ0v) is 14.4. The summed E-state index contributed by atoms with van der Waals surface area (Å²) in [4.78, 5) is 11.8. The Balaban J connectivity index is 3.27. The molecule has 0 aliphatic rings. The van der Waals surface area contributed by atoms with Gasteiger partial charge in [-0.15, -0.1) is 6.58 Å². The molecule has 0 aliphatic heterocycles. The van der Waals surface area contributed by atoms with Gasteiger partial charge in [0.2, 0.25) is 10.0 Å². The van der Waals surface area contributed by atoms with Crippen molar-refractivity contribution in [3.05, 3.63) is 41.4 Å². The lowest BCUT2D eigenvalue weighted by Crippen LogP contribution is -2.44. The minimum atomic E-state index is -3.82. The van der Waals surface area contributed by atoms with Gasteiger partial charge >= 0.3 is 5.97 Å². The van der Waals surface area contributed by atoms with Crippen LogP contribution < -0.4 is 0 Å². The van der Waals surface area contributed by atoms with Crippen LogP contribution >= 0.6 is 15.9 Å². The fourth-order valence-corrected chi connectivity index (χ4v) is 4.37. The number of nitrogens with zero attached hydrogens (tertiary/aromatic N) is 1. The van der Waals surface area contributed by atoms with Gasteiger partial charge in [0.1, 0.15) is 6.04 Å². The second-order valence-electron chi connectivity index (χ2n) is 4.32. The minimum Gasteiger partial charge on any atom is -0.468 e. The van der Waals surface area contributed by atoms with Crippen LogP contribution in [-0.4, -0.2) is 38.4 Å². The Kier molecular flexibility index (Phi) is 6.57. The smallest absolute Gasteiger partial charge is 0.323 e. The number of ether oxygens (including phenoxy) is 1. The highest BCUT2D eigenvalue weighted by Crippen LogP contribution is 2.26. The van der Waals surface area contributed by atoms with Gasteiger partial charge in [-0.1, -0.05) is 18.2 Å². The predicted molar refractivity (Wildman–Crippen MR) is 84.3 cm³/mol. The third-order valence-electron chi connectivity index (χ3n) is 2.95. The number of hydrogen-bond donors (Lipinski definition) is 0. The lowest BCUT2D eigenvalue weighted by atomic mass is 10.3. The molecule has 1 rings (SSSR count). The molecular formula is C14H18BrNO4S. The van der Waals surface area contributed by atoms with E-state index in [2.05, 4.69) is 27.2 Å². The van der Waals surface area contributed by atoms with Crippen LogP contribution in [0.3, 0.4) is 0 Å². The van der Waals surface area contributed by atoms with Crippen molar-refractivity contribution < 1.29 is 17.9 Å². The van der Waals surface area contributed by atoms with Crippen LogP contribution in [-0.2, 0) is 19.6 Å². The zero-order valence-electron chi connectivity index (χ0n) is 12.0. The van der Waals surface area contributed by atoms with E-state index >= 15 is 0 Å². The molecule has 1 atom stereocenters. The first kappa shape index (κ1) is 17.9. The number of rotatable bonds is 7. The molecule has 0 aromatic heterocycles. The highest BCUT2D eigenvalue weighted by Gasteiger charge is 2.34. The van der Waals surface area contributed by atoms with Crippen LogP contribution in [0.5, 0.6) is 0 Å². The Labute approximate surface area is 133 Å². The van der Waals surface area contributed by atoms with Gasteiger partial charge in [-0.2, -0.15) is 4.31 Å². The minimum absolute atomic E-state index is 0.116. The van der Waals surface area contributed by atoms with Gasteiger partial charge in [-0.25, -0.2) is 8.42 Å². The van der Waals surface area contributed by atoms with Crippen LogP contribution in [0.2, 0.25) is 0 Å². The van der Waals surface area contributed by atoms with E-state index in [-0.39, 0.29) is 11.4 Å². The van der Waals surface area contributed by atoms with E-state index in [4.69, 9.17) is 0 Å². The van der Waals surface area contributed by atoms with Crippen LogP contribution in [0.4, 0.5) is 0 Å². The standard InChI is InChI=1S/C14H18BrNO4S/c1-4-5-10-16(11(2)14(17)20-3)21(18,19)13-9-7-6-8-12(13)15/h4,6-9,11H,1,5,10H2,2-3H3/t11-/m0/s1. The second kappa shape index (κ2) is 7.72. The third-order valence-corrected chi connectivity index (χ3v) is 5.93. The van der Waals surface area contributed by atoms with Crippen molar-refractivity contribution in [3.63, 3.8) is 0 Å². The summed E-state index contributed by atoms with van der Waals surface area (Å²) in [6.07, 6.45) is 2.04. The Hall–Kier alpha value is -1.18. The molecular weight excluding hydrogens is 358 g/mol. The van der Waals surface area contributed by atoms with Crippen molar-refractivity contribution >= 4 is 31.9 Å². The number of hydrogen-bond acceptors (Lipinski definition) is 4. The maximum Gasteiger partial charge on any atom is 0.323 e. The molecule has 1 aromatic rings. The number of methoxy groups -OCH3 is 1. The van der Waals surface area contributed by atoms with E-state index in [9.17, 15) is 13.2 Å². The molecule has 0 radical (unpaired) electrons. The van der Waals surface area contributed by atoms with Crippen LogP contribution in [0.1, 0.15) is 13.3 Å². The number of carbonyl (C=O) groups is 1. The van der Waals surface area contributed by atoms with Gasteiger partial charge < -0.3 is 4.74 Å².